The molecule has 5 heteroatoms. The first-order valence-corrected chi connectivity index (χ1v) is 5.46. The van der Waals surface area contributed by atoms with Gasteiger partial charge in [0.15, 0.2) is 0 Å². The number of benzene rings is 1. The van der Waals surface area contributed by atoms with Crippen molar-refractivity contribution in [1.29, 1.82) is 0 Å². The summed E-state index contributed by atoms with van der Waals surface area (Å²) in [6.07, 6.45) is 1.69. The summed E-state index contributed by atoms with van der Waals surface area (Å²) in [6.45, 7) is 0. The van der Waals surface area contributed by atoms with Crippen molar-refractivity contribution < 1.29 is 14.6 Å². The number of hydrogen-bond acceptors (Lipinski definition) is 2. The van der Waals surface area contributed by atoms with Crippen LogP contribution >= 0.6 is 15.9 Å². The fourth-order valence-electron chi connectivity index (χ4n) is 1.73. The van der Waals surface area contributed by atoms with Gasteiger partial charge in [-0.05, 0) is 17.7 Å². The molecule has 1 aromatic carbocycles. The average molecular weight is 284 g/mol. The summed E-state index contributed by atoms with van der Waals surface area (Å²) in [5, 5.41) is 9.63. The van der Waals surface area contributed by atoms with Crippen molar-refractivity contribution in [3.8, 4) is 5.75 Å². The lowest BCUT2D eigenvalue weighted by Crippen LogP contribution is -1.99. The number of halogens is 1. The number of fused-ring (bicyclic) bond motifs is 1. The van der Waals surface area contributed by atoms with Crippen LogP contribution in [-0.4, -0.2) is 23.2 Å². The minimum Gasteiger partial charge on any atom is -0.496 e. The van der Waals surface area contributed by atoms with Crippen molar-refractivity contribution in [2.45, 2.75) is 6.42 Å². The van der Waals surface area contributed by atoms with Crippen molar-refractivity contribution in [1.82, 2.24) is 4.98 Å². The summed E-state index contributed by atoms with van der Waals surface area (Å²) < 4.78 is 6.14. The number of carboxylic acid groups (broad SMARTS) is 1. The molecule has 4 nitrogen and oxygen atoms in total. The smallest absolute Gasteiger partial charge is 0.307 e. The number of methoxy groups -OCH3 is 1. The summed E-state index contributed by atoms with van der Waals surface area (Å²) in [7, 11) is 1.57. The lowest BCUT2D eigenvalue weighted by atomic mass is 10.1. The van der Waals surface area contributed by atoms with Gasteiger partial charge in [-0.15, -0.1) is 0 Å². The molecule has 16 heavy (non-hydrogen) atoms. The van der Waals surface area contributed by atoms with E-state index in [1.54, 1.807) is 13.3 Å². The summed E-state index contributed by atoms with van der Waals surface area (Å²) in [4.78, 5) is 13.7. The van der Waals surface area contributed by atoms with E-state index in [1.807, 2.05) is 12.1 Å². The number of nitrogens with one attached hydrogen (secondary N) is 1. The third-order valence-corrected chi connectivity index (χ3v) is 2.81. The van der Waals surface area contributed by atoms with E-state index in [0.29, 0.717) is 5.75 Å². The largest absolute Gasteiger partial charge is 0.496 e. The van der Waals surface area contributed by atoms with E-state index in [2.05, 4.69) is 20.9 Å². The Morgan fingerprint density at radius 3 is 2.94 bits per heavy atom. The maximum atomic E-state index is 10.7. The highest BCUT2D eigenvalue weighted by Gasteiger charge is 2.12. The van der Waals surface area contributed by atoms with Gasteiger partial charge in [0.2, 0.25) is 0 Å². The minimum atomic E-state index is -0.856. The Kier molecular flexibility index (Phi) is 2.87. The van der Waals surface area contributed by atoms with Gasteiger partial charge in [0, 0.05) is 16.1 Å². The summed E-state index contributed by atoms with van der Waals surface area (Å²) >= 11 is 3.37. The standard InChI is InChI=1S/C11H10BrNO3/c1-16-9-4-7(12)3-8-11(9)6(5-13-8)2-10(14)15/h3-5,13H,2H2,1H3,(H,14,15). The van der Waals surface area contributed by atoms with Crippen LogP contribution in [0.25, 0.3) is 10.9 Å². The van der Waals surface area contributed by atoms with Crippen LogP contribution in [0, 0.1) is 0 Å². The van der Waals surface area contributed by atoms with Gasteiger partial charge in [-0.25, -0.2) is 0 Å². The first kappa shape index (κ1) is 11.0. The van der Waals surface area contributed by atoms with Gasteiger partial charge < -0.3 is 14.8 Å². The molecule has 0 fully saturated rings. The highest BCUT2D eigenvalue weighted by atomic mass is 79.9. The highest BCUT2D eigenvalue weighted by molar-refractivity contribution is 9.10. The number of H-pyrrole nitrogens is 1. The number of aromatic nitrogens is 1. The van der Waals surface area contributed by atoms with Gasteiger partial charge >= 0.3 is 5.97 Å². The minimum absolute atomic E-state index is 0.0159. The molecule has 2 N–H and O–H groups in total. The van der Waals surface area contributed by atoms with Crippen molar-refractivity contribution in [2.75, 3.05) is 7.11 Å². The SMILES string of the molecule is COc1cc(Br)cc2[nH]cc(CC(=O)O)c12. The Labute approximate surface area is 100 Å². The number of aliphatic carboxylic acids is 1. The van der Waals surface area contributed by atoms with Crippen LogP contribution in [0.3, 0.4) is 0 Å². The van der Waals surface area contributed by atoms with Crippen LogP contribution in [0.4, 0.5) is 0 Å². The van der Waals surface area contributed by atoms with E-state index in [0.717, 1.165) is 20.9 Å². The number of rotatable bonds is 3. The Hall–Kier alpha value is -1.49. The van der Waals surface area contributed by atoms with E-state index in [9.17, 15) is 4.79 Å². The van der Waals surface area contributed by atoms with Gasteiger partial charge in [0.1, 0.15) is 5.75 Å². The van der Waals surface area contributed by atoms with Crippen molar-refractivity contribution >= 4 is 32.8 Å². The van der Waals surface area contributed by atoms with E-state index < -0.39 is 5.97 Å². The van der Waals surface area contributed by atoms with Crippen molar-refractivity contribution in [3.63, 3.8) is 0 Å². The zero-order chi connectivity index (χ0) is 11.7. The molecule has 84 valence electrons. The van der Waals surface area contributed by atoms with E-state index >= 15 is 0 Å². The van der Waals surface area contributed by atoms with Gasteiger partial charge in [0.05, 0.1) is 19.0 Å². The third kappa shape index (κ3) is 1.90. The number of carbonyl (C=O) groups is 1. The predicted octanol–water partition coefficient (Wildman–Crippen LogP) is 2.57. The molecule has 0 spiro atoms. The quantitative estimate of drug-likeness (QED) is 0.910. The van der Waals surface area contributed by atoms with Crippen LogP contribution < -0.4 is 4.74 Å². The molecule has 1 heterocycles. The molecule has 0 aliphatic rings. The van der Waals surface area contributed by atoms with Gasteiger partial charge in [-0.2, -0.15) is 0 Å². The molecule has 0 saturated carbocycles. The molecule has 0 amide bonds. The second-order valence-corrected chi connectivity index (χ2v) is 4.33. The molecule has 2 aromatic rings. The highest BCUT2D eigenvalue weighted by Crippen LogP contribution is 2.32. The predicted molar refractivity (Wildman–Crippen MR) is 63.9 cm³/mol. The van der Waals surface area contributed by atoms with E-state index in [4.69, 9.17) is 9.84 Å². The Morgan fingerprint density at radius 2 is 2.31 bits per heavy atom. The summed E-state index contributed by atoms with van der Waals surface area (Å²) in [5.41, 5.74) is 1.59. The third-order valence-electron chi connectivity index (χ3n) is 2.35. The molecular weight excluding hydrogens is 274 g/mol. The Balaban J connectivity index is 2.64. The van der Waals surface area contributed by atoms with E-state index in [1.165, 1.54) is 0 Å². The second-order valence-electron chi connectivity index (χ2n) is 3.42. The molecule has 0 unspecified atom stereocenters. The van der Waals surface area contributed by atoms with Crippen molar-refractivity contribution in [3.05, 3.63) is 28.4 Å². The molecule has 0 bridgehead atoms. The molecule has 0 aliphatic carbocycles. The zero-order valence-electron chi connectivity index (χ0n) is 8.58. The summed E-state index contributed by atoms with van der Waals surface area (Å²) in [5.74, 6) is -0.187. The first-order chi connectivity index (χ1) is 7.61. The number of carboxylic acids is 1. The second kappa shape index (κ2) is 4.17. The average Bonchev–Trinajstić information content (AvgIpc) is 2.59. The molecular formula is C11H10BrNO3. The van der Waals surface area contributed by atoms with Crippen LogP contribution in [-0.2, 0) is 11.2 Å². The molecule has 0 aliphatic heterocycles. The lowest BCUT2D eigenvalue weighted by Gasteiger charge is -2.04. The van der Waals surface area contributed by atoms with Gasteiger partial charge in [-0.1, -0.05) is 15.9 Å². The normalized spacial score (nSPS) is 10.6. The number of hydrogen-bond donors (Lipinski definition) is 2. The van der Waals surface area contributed by atoms with Crippen LogP contribution in [0.15, 0.2) is 22.8 Å². The lowest BCUT2D eigenvalue weighted by molar-refractivity contribution is -0.136. The zero-order valence-corrected chi connectivity index (χ0v) is 10.2. The van der Waals surface area contributed by atoms with Crippen LogP contribution in [0.5, 0.6) is 5.75 Å². The van der Waals surface area contributed by atoms with E-state index in [-0.39, 0.29) is 6.42 Å². The molecule has 0 radical (unpaired) electrons. The monoisotopic (exact) mass is 283 g/mol. The Morgan fingerprint density at radius 1 is 1.56 bits per heavy atom. The number of ether oxygens (including phenoxy) is 1. The first-order valence-electron chi connectivity index (χ1n) is 4.67. The Bertz CT molecular complexity index is 547. The van der Waals surface area contributed by atoms with Gasteiger partial charge in [-0.3, -0.25) is 4.79 Å². The summed E-state index contributed by atoms with van der Waals surface area (Å²) in [6, 6.07) is 3.71. The molecule has 0 atom stereocenters. The van der Waals surface area contributed by atoms with Gasteiger partial charge in [0.25, 0.3) is 0 Å². The fraction of sp³-hybridized carbons (Fsp3) is 0.182. The molecule has 0 saturated heterocycles. The molecule has 2 rings (SSSR count). The fourth-order valence-corrected chi connectivity index (χ4v) is 2.16. The number of aromatic amines is 1. The van der Waals surface area contributed by atoms with Crippen LogP contribution in [0.2, 0.25) is 0 Å². The van der Waals surface area contributed by atoms with Crippen molar-refractivity contribution in [2.24, 2.45) is 0 Å². The molecule has 1 aromatic heterocycles. The maximum Gasteiger partial charge on any atom is 0.307 e. The topological polar surface area (TPSA) is 62.3 Å². The van der Waals surface area contributed by atoms with Crippen LogP contribution in [0.1, 0.15) is 5.56 Å². The maximum absolute atomic E-state index is 10.7.